The number of hydrogen-bond donors (Lipinski definition) is 0. The van der Waals surface area contributed by atoms with Gasteiger partial charge >= 0.3 is 29.1 Å². The molecule has 11 nitrogen and oxygen atoms in total. The molecule has 0 aromatic rings. The molecule has 0 rings (SSSR count). The molecule has 0 amide bonds. The highest BCUT2D eigenvalue weighted by Gasteiger charge is 2.39. The minimum absolute atomic E-state index is 0.0981. The highest BCUT2D eigenvalue weighted by molar-refractivity contribution is 6.88. The van der Waals surface area contributed by atoms with Crippen LogP contribution in [0.3, 0.4) is 0 Å². The first-order valence-electron chi connectivity index (χ1n) is 17.9. The maximum atomic E-state index is 11.8. The molecule has 4 unspecified atom stereocenters. The summed E-state index contributed by atoms with van der Waals surface area (Å²) in [4.78, 5) is 23.5. The zero-order valence-electron chi connectivity index (χ0n) is 35.0. The van der Waals surface area contributed by atoms with Crippen LogP contribution in [0.4, 0.5) is 0 Å². The predicted molar refractivity (Wildman–Crippen MR) is 214 cm³/mol. The van der Waals surface area contributed by atoms with Crippen molar-refractivity contribution < 1.29 is 49.7 Å². The average Bonchev–Trinajstić information content (AvgIpc) is 2.86. The lowest BCUT2D eigenvalue weighted by molar-refractivity contribution is -0.181. The molecular weight excluding hydrogens is 729 g/mol. The third-order valence-corrected chi connectivity index (χ3v) is 25.4. The second-order valence-corrected chi connectivity index (χ2v) is 41.7. The van der Waals surface area contributed by atoms with Crippen LogP contribution in [-0.4, -0.2) is 101 Å². The Bertz CT molecular complexity index is 953. The first kappa shape index (κ1) is 51.1. The van der Waals surface area contributed by atoms with Crippen molar-refractivity contribution >= 4 is 62.3 Å². The lowest BCUT2D eigenvalue weighted by Crippen LogP contribution is -2.53. The first-order chi connectivity index (χ1) is 21.8. The Hall–Kier alpha value is -0.0387. The Morgan fingerprint density at radius 3 is 1.18 bits per heavy atom. The van der Waals surface area contributed by atoms with Crippen molar-refractivity contribution in [1.29, 1.82) is 0 Å². The number of rotatable bonds is 23. The van der Waals surface area contributed by atoms with Crippen LogP contribution >= 0.6 is 0 Å². The minimum atomic E-state index is -2.17. The molecule has 0 aliphatic heterocycles. The summed E-state index contributed by atoms with van der Waals surface area (Å²) in [5.74, 6) is -0.638. The number of carbonyl (C=O) groups is 2. The van der Waals surface area contributed by atoms with Gasteiger partial charge in [0.15, 0.2) is 29.2 Å². The number of carbonyl (C=O) groups excluding carboxylic acids is 2. The number of ether oxygens (including phenoxy) is 5. The summed E-state index contributed by atoms with van der Waals surface area (Å²) < 4.78 is 52.7. The standard InChI is InChI=1S/C17H40O6Si3.C15H36O5Si3/c1-11-15(2)17(18)21-16(3)20-13-12-19-14-25(7,8)23-26(9,10)22-24(4,5)6;1-11-13(2)15(16)18-14(3)17-12-22(7,8)20-23(9,10)19-21(4,5)6/h15-16H,11-14H2,1-10H3;13-14H,11-12H2,1-10H3. The van der Waals surface area contributed by atoms with E-state index in [1.165, 1.54) is 0 Å². The lowest BCUT2D eigenvalue weighted by atomic mass is 10.1. The summed E-state index contributed by atoms with van der Waals surface area (Å²) in [6, 6.07) is 0. The van der Waals surface area contributed by atoms with Gasteiger partial charge in [0.05, 0.1) is 37.5 Å². The number of esters is 2. The lowest BCUT2D eigenvalue weighted by Gasteiger charge is -2.37. The van der Waals surface area contributed by atoms with Gasteiger partial charge in [-0.05, 0) is 118 Å². The van der Waals surface area contributed by atoms with Crippen LogP contribution < -0.4 is 0 Å². The second-order valence-electron chi connectivity index (χ2n) is 16.8. The maximum absolute atomic E-state index is 11.8. The van der Waals surface area contributed by atoms with Crippen molar-refractivity contribution in [2.45, 2.75) is 159 Å². The van der Waals surface area contributed by atoms with Crippen molar-refractivity contribution in [3.05, 3.63) is 0 Å². The molecule has 0 bridgehead atoms. The molecule has 294 valence electrons. The molecule has 0 heterocycles. The van der Waals surface area contributed by atoms with Crippen LogP contribution in [0, 0.1) is 11.8 Å². The molecular formula is C32H76O11Si6. The molecule has 17 heteroatoms. The smallest absolute Gasteiger partial charge is 0.311 e. The molecule has 4 atom stereocenters. The highest BCUT2D eigenvalue weighted by Crippen LogP contribution is 2.22. The molecule has 0 spiro atoms. The van der Waals surface area contributed by atoms with Gasteiger partial charge in [-0.1, -0.05) is 27.7 Å². The highest BCUT2D eigenvalue weighted by atomic mass is 28.5. The normalized spacial score (nSPS) is 15.8. The number of hydrogen-bond acceptors (Lipinski definition) is 11. The summed E-state index contributed by atoms with van der Waals surface area (Å²) >= 11 is 0. The van der Waals surface area contributed by atoms with E-state index in [0.717, 1.165) is 12.8 Å². The molecule has 0 N–H and O–H groups in total. The van der Waals surface area contributed by atoms with Crippen molar-refractivity contribution in [2.75, 3.05) is 25.7 Å². The van der Waals surface area contributed by atoms with E-state index < -0.39 is 63.0 Å². The van der Waals surface area contributed by atoms with E-state index in [1.54, 1.807) is 13.8 Å². The largest absolute Gasteiger partial charge is 0.437 e. The van der Waals surface area contributed by atoms with E-state index in [0.29, 0.717) is 25.7 Å². The third kappa shape index (κ3) is 29.1. The molecule has 0 saturated carbocycles. The van der Waals surface area contributed by atoms with Gasteiger partial charge in [-0.2, -0.15) is 0 Å². The second kappa shape index (κ2) is 22.2. The molecule has 0 aliphatic carbocycles. The predicted octanol–water partition coefficient (Wildman–Crippen LogP) is 8.52. The molecule has 0 aromatic carbocycles. The fourth-order valence-corrected chi connectivity index (χ4v) is 30.0. The SMILES string of the molecule is CCC(C)C(=O)OC(C)OCCOC[Si](C)(C)O[Si](C)(C)O[Si](C)(C)C.CCC(C)C(=O)OC(C)OC[Si](C)(C)O[Si](C)(C)O[Si](C)(C)C. The summed E-state index contributed by atoms with van der Waals surface area (Å²) in [7, 11) is -11.6. The van der Waals surface area contributed by atoms with E-state index in [2.05, 4.69) is 91.7 Å². The Kier molecular flexibility index (Phi) is 23.2. The summed E-state index contributed by atoms with van der Waals surface area (Å²) in [6.45, 7) is 41.9. The molecule has 0 saturated heterocycles. The van der Waals surface area contributed by atoms with Crippen molar-refractivity contribution in [3.63, 3.8) is 0 Å². The van der Waals surface area contributed by atoms with E-state index in [9.17, 15) is 9.59 Å². The fourth-order valence-electron chi connectivity index (χ4n) is 4.78. The van der Waals surface area contributed by atoms with Crippen LogP contribution in [0.25, 0.3) is 0 Å². The van der Waals surface area contributed by atoms with Crippen LogP contribution in [0.2, 0.25) is 91.7 Å². The van der Waals surface area contributed by atoms with Gasteiger partial charge in [-0.25, -0.2) is 0 Å². The zero-order chi connectivity index (χ0) is 39.1. The van der Waals surface area contributed by atoms with Gasteiger partial charge in [0.2, 0.25) is 16.6 Å². The molecule has 0 aromatic heterocycles. The molecule has 0 fully saturated rings. The monoisotopic (exact) mass is 804 g/mol. The summed E-state index contributed by atoms with van der Waals surface area (Å²) in [5, 5.41) is 0. The fraction of sp³-hybridized carbons (Fsp3) is 0.938. The molecule has 49 heavy (non-hydrogen) atoms. The van der Waals surface area contributed by atoms with Crippen LogP contribution in [0.1, 0.15) is 54.4 Å². The van der Waals surface area contributed by atoms with E-state index in [1.807, 2.05) is 27.7 Å². The summed E-state index contributed by atoms with van der Waals surface area (Å²) in [5.41, 5.74) is 0. The van der Waals surface area contributed by atoms with E-state index in [-0.39, 0.29) is 23.8 Å². The van der Waals surface area contributed by atoms with Crippen molar-refractivity contribution in [2.24, 2.45) is 11.8 Å². The average molecular weight is 805 g/mol. The van der Waals surface area contributed by atoms with E-state index in [4.69, 9.17) is 40.1 Å². The zero-order valence-corrected chi connectivity index (χ0v) is 41.0. The van der Waals surface area contributed by atoms with Crippen LogP contribution in [-0.2, 0) is 49.7 Å². The molecule has 0 aliphatic rings. The Morgan fingerprint density at radius 2 is 0.837 bits per heavy atom. The Balaban J connectivity index is 0. The minimum Gasteiger partial charge on any atom is -0.437 e. The van der Waals surface area contributed by atoms with E-state index >= 15 is 0 Å². The van der Waals surface area contributed by atoms with Gasteiger partial charge in [-0.15, -0.1) is 0 Å². The van der Waals surface area contributed by atoms with Gasteiger partial charge < -0.3 is 40.1 Å². The quantitative estimate of drug-likeness (QED) is 0.0428. The topological polar surface area (TPSA) is 117 Å². The molecule has 0 radical (unpaired) electrons. The first-order valence-corrected chi connectivity index (χ1v) is 36.6. The van der Waals surface area contributed by atoms with Crippen molar-refractivity contribution in [1.82, 2.24) is 0 Å². The maximum Gasteiger partial charge on any atom is 0.311 e. The van der Waals surface area contributed by atoms with Crippen LogP contribution in [0.15, 0.2) is 0 Å². The van der Waals surface area contributed by atoms with Gasteiger partial charge in [0.25, 0.3) is 0 Å². The Morgan fingerprint density at radius 1 is 0.490 bits per heavy atom. The van der Waals surface area contributed by atoms with Crippen molar-refractivity contribution in [3.8, 4) is 0 Å². The van der Waals surface area contributed by atoms with Gasteiger partial charge in [-0.3, -0.25) is 9.59 Å². The van der Waals surface area contributed by atoms with Crippen LogP contribution in [0.5, 0.6) is 0 Å². The summed E-state index contributed by atoms with van der Waals surface area (Å²) in [6.07, 6.45) is 1.49. The third-order valence-electron chi connectivity index (χ3n) is 6.44. The Labute approximate surface area is 307 Å². The van der Waals surface area contributed by atoms with Gasteiger partial charge in [0.1, 0.15) is 0 Å². The van der Waals surface area contributed by atoms with Gasteiger partial charge in [0, 0.05) is 0 Å².